The molecular formula is C16H14BrFO2. The summed E-state index contributed by atoms with van der Waals surface area (Å²) < 4.78 is 13.5. The normalized spacial score (nSPS) is 12.2. The van der Waals surface area contributed by atoms with Gasteiger partial charge < -0.3 is 5.11 Å². The Morgan fingerprint density at radius 2 is 1.90 bits per heavy atom. The topological polar surface area (TPSA) is 37.3 Å². The lowest BCUT2D eigenvalue weighted by atomic mass is 9.91. The SMILES string of the molecule is Cc1ccc(C(Cc2ccc(F)c(Br)c2)C(=O)O)cc1. The molecule has 0 aliphatic carbocycles. The minimum Gasteiger partial charge on any atom is -0.481 e. The van der Waals surface area contributed by atoms with Gasteiger partial charge in [0.2, 0.25) is 0 Å². The van der Waals surface area contributed by atoms with E-state index in [1.807, 2.05) is 31.2 Å². The second-order valence-corrected chi connectivity index (χ2v) is 5.61. The second kappa shape index (κ2) is 6.18. The molecule has 4 heteroatoms. The Hall–Kier alpha value is -1.68. The van der Waals surface area contributed by atoms with Crippen molar-refractivity contribution in [3.63, 3.8) is 0 Å². The molecule has 1 N–H and O–H groups in total. The fourth-order valence-corrected chi connectivity index (χ4v) is 2.48. The zero-order chi connectivity index (χ0) is 14.7. The monoisotopic (exact) mass is 336 g/mol. The molecule has 0 aromatic heterocycles. The van der Waals surface area contributed by atoms with E-state index in [0.29, 0.717) is 10.9 Å². The molecular weight excluding hydrogens is 323 g/mol. The number of carboxylic acids is 1. The quantitative estimate of drug-likeness (QED) is 0.903. The Balaban J connectivity index is 2.27. The molecule has 2 aromatic carbocycles. The first-order chi connectivity index (χ1) is 9.47. The fourth-order valence-electron chi connectivity index (χ4n) is 2.05. The molecule has 20 heavy (non-hydrogen) atoms. The van der Waals surface area contributed by atoms with Gasteiger partial charge in [-0.2, -0.15) is 0 Å². The van der Waals surface area contributed by atoms with Crippen molar-refractivity contribution in [3.05, 3.63) is 69.4 Å². The minimum absolute atomic E-state index is 0.331. The maximum atomic E-state index is 13.2. The van der Waals surface area contributed by atoms with E-state index in [2.05, 4.69) is 15.9 Å². The Bertz CT molecular complexity index is 623. The summed E-state index contributed by atoms with van der Waals surface area (Å²) in [5, 5.41) is 9.40. The molecule has 1 atom stereocenters. The summed E-state index contributed by atoms with van der Waals surface area (Å²) in [6.45, 7) is 1.95. The fraction of sp³-hybridized carbons (Fsp3) is 0.188. The summed E-state index contributed by atoms with van der Waals surface area (Å²) in [7, 11) is 0. The summed E-state index contributed by atoms with van der Waals surface area (Å²) in [5.74, 6) is -1.86. The number of carbonyl (C=O) groups is 1. The molecule has 1 unspecified atom stereocenters. The molecule has 0 radical (unpaired) electrons. The predicted molar refractivity (Wildman–Crippen MR) is 79.4 cm³/mol. The van der Waals surface area contributed by atoms with Gasteiger partial charge in [0.25, 0.3) is 0 Å². The van der Waals surface area contributed by atoms with Crippen LogP contribution in [0.2, 0.25) is 0 Å². The van der Waals surface area contributed by atoms with Crippen LogP contribution in [-0.2, 0) is 11.2 Å². The Morgan fingerprint density at radius 1 is 1.25 bits per heavy atom. The van der Waals surface area contributed by atoms with Crippen LogP contribution in [-0.4, -0.2) is 11.1 Å². The third-order valence-electron chi connectivity index (χ3n) is 3.20. The smallest absolute Gasteiger partial charge is 0.311 e. The van der Waals surface area contributed by atoms with Gasteiger partial charge in [0.05, 0.1) is 10.4 Å². The van der Waals surface area contributed by atoms with Crippen LogP contribution in [0, 0.1) is 12.7 Å². The number of rotatable bonds is 4. The van der Waals surface area contributed by atoms with Crippen LogP contribution in [0.3, 0.4) is 0 Å². The third-order valence-corrected chi connectivity index (χ3v) is 3.81. The van der Waals surface area contributed by atoms with Gasteiger partial charge in [0, 0.05) is 0 Å². The molecule has 0 aliphatic heterocycles. The number of carboxylic acid groups (broad SMARTS) is 1. The van der Waals surface area contributed by atoms with Crippen LogP contribution in [0.4, 0.5) is 4.39 Å². The molecule has 2 aromatic rings. The first-order valence-corrected chi connectivity index (χ1v) is 7.00. The van der Waals surface area contributed by atoms with Crippen molar-refractivity contribution < 1.29 is 14.3 Å². The predicted octanol–water partition coefficient (Wildman–Crippen LogP) is 4.31. The Labute approximate surface area is 125 Å². The van der Waals surface area contributed by atoms with Crippen molar-refractivity contribution in [3.8, 4) is 0 Å². The molecule has 0 fully saturated rings. The number of aryl methyl sites for hydroxylation is 1. The maximum absolute atomic E-state index is 13.2. The van der Waals surface area contributed by atoms with Crippen LogP contribution in [0.15, 0.2) is 46.9 Å². The van der Waals surface area contributed by atoms with Gasteiger partial charge in [0.1, 0.15) is 5.82 Å². The summed E-state index contributed by atoms with van der Waals surface area (Å²) >= 11 is 3.12. The van der Waals surface area contributed by atoms with Gasteiger partial charge in [-0.3, -0.25) is 4.79 Å². The lowest BCUT2D eigenvalue weighted by Gasteiger charge is -2.13. The second-order valence-electron chi connectivity index (χ2n) is 4.75. The number of benzene rings is 2. The van der Waals surface area contributed by atoms with Crippen LogP contribution >= 0.6 is 15.9 Å². The van der Waals surface area contributed by atoms with Crippen LogP contribution in [0.25, 0.3) is 0 Å². The zero-order valence-corrected chi connectivity index (χ0v) is 12.5. The summed E-state index contributed by atoms with van der Waals surface area (Å²) in [5.41, 5.74) is 2.62. The van der Waals surface area contributed by atoms with E-state index in [0.717, 1.165) is 16.7 Å². The molecule has 0 heterocycles. The minimum atomic E-state index is -0.880. The van der Waals surface area contributed by atoms with Crippen LogP contribution in [0.1, 0.15) is 22.6 Å². The first-order valence-electron chi connectivity index (χ1n) is 6.20. The van der Waals surface area contributed by atoms with Crippen molar-refractivity contribution in [1.82, 2.24) is 0 Å². The summed E-state index contributed by atoms with van der Waals surface area (Å²) in [6.07, 6.45) is 0.331. The molecule has 2 rings (SSSR count). The van der Waals surface area contributed by atoms with Gasteiger partial charge in [-0.05, 0) is 52.5 Å². The van der Waals surface area contributed by atoms with E-state index in [-0.39, 0.29) is 5.82 Å². The number of halogens is 2. The lowest BCUT2D eigenvalue weighted by Crippen LogP contribution is -2.14. The molecule has 0 bridgehead atoms. The van der Waals surface area contributed by atoms with Crippen molar-refractivity contribution in [2.24, 2.45) is 0 Å². The highest BCUT2D eigenvalue weighted by Crippen LogP contribution is 2.24. The third kappa shape index (κ3) is 3.45. The first kappa shape index (κ1) is 14.7. The largest absolute Gasteiger partial charge is 0.481 e. The van der Waals surface area contributed by atoms with E-state index in [1.165, 1.54) is 6.07 Å². The van der Waals surface area contributed by atoms with Crippen LogP contribution in [0.5, 0.6) is 0 Å². The highest BCUT2D eigenvalue weighted by atomic mass is 79.9. The maximum Gasteiger partial charge on any atom is 0.311 e. The highest BCUT2D eigenvalue weighted by molar-refractivity contribution is 9.10. The van der Waals surface area contributed by atoms with Crippen molar-refractivity contribution in [1.29, 1.82) is 0 Å². The van der Waals surface area contributed by atoms with E-state index >= 15 is 0 Å². The van der Waals surface area contributed by atoms with Gasteiger partial charge in [-0.25, -0.2) is 4.39 Å². The van der Waals surface area contributed by atoms with E-state index in [4.69, 9.17) is 0 Å². The van der Waals surface area contributed by atoms with Gasteiger partial charge in [-0.15, -0.1) is 0 Å². The highest BCUT2D eigenvalue weighted by Gasteiger charge is 2.20. The van der Waals surface area contributed by atoms with Gasteiger partial charge >= 0.3 is 5.97 Å². The number of hydrogen-bond acceptors (Lipinski definition) is 1. The average molecular weight is 337 g/mol. The zero-order valence-electron chi connectivity index (χ0n) is 10.9. The van der Waals surface area contributed by atoms with E-state index in [9.17, 15) is 14.3 Å². The molecule has 104 valence electrons. The van der Waals surface area contributed by atoms with Crippen molar-refractivity contribution >= 4 is 21.9 Å². The van der Waals surface area contributed by atoms with Gasteiger partial charge in [-0.1, -0.05) is 35.9 Å². The number of hydrogen-bond donors (Lipinski definition) is 1. The summed E-state index contributed by atoms with van der Waals surface area (Å²) in [6, 6.07) is 12.0. The average Bonchev–Trinajstić information content (AvgIpc) is 2.41. The van der Waals surface area contributed by atoms with Crippen molar-refractivity contribution in [2.45, 2.75) is 19.3 Å². The standard InChI is InChI=1S/C16H14BrFO2/c1-10-2-5-12(6-3-10)13(16(19)20)8-11-4-7-15(18)14(17)9-11/h2-7,9,13H,8H2,1H3,(H,19,20). The molecule has 0 saturated carbocycles. The number of aliphatic carboxylic acids is 1. The summed E-state index contributed by atoms with van der Waals surface area (Å²) in [4.78, 5) is 11.5. The molecule has 0 spiro atoms. The molecule has 0 aliphatic rings. The lowest BCUT2D eigenvalue weighted by molar-refractivity contribution is -0.138. The Kier molecular flexibility index (Phi) is 4.55. The van der Waals surface area contributed by atoms with E-state index < -0.39 is 11.9 Å². The van der Waals surface area contributed by atoms with E-state index in [1.54, 1.807) is 12.1 Å². The van der Waals surface area contributed by atoms with Crippen molar-refractivity contribution in [2.75, 3.05) is 0 Å². The molecule has 0 saturated heterocycles. The van der Waals surface area contributed by atoms with Crippen LogP contribution < -0.4 is 0 Å². The molecule has 2 nitrogen and oxygen atoms in total. The molecule has 0 amide bonds. The Morgan fingerprint density at radius 3 is 2.45 bits per heavy atom. The van der Waals surface area contributed by atoms with Gasteiger partial charge in [0.15, 0.2) is 0 Å².